The normalized spacial score (nSPS) is 12.2. The van der Waals surface area contributed by atoms with Crippen molar-refractivity contribution in [3.05, 3.63) is 41.8 Å². The summed E-state index contributed by atoms with van der Waals surface area (Å²) in [7, 11) is 0. The molecule has 102 valence electrons. The van der Waals surface area contributed by atoms with E-state index >= 15 is 0 Å². The quantitative estimate of drug-likeness (QED) is 0.497. The van der Waals surface area contributed by atoms with Crippen molar-refractivity contribution in [2.24, 2.45) is 0 Å². The van der Waals surface area contributed by atoms with Crippen LogP contribution < -0.4 is 0 Å². The van der Waals surface area contributed by atoms with Gasteiger partial charge in [-0.05, 0) is 43.9 Å². The monoisotopic (exact) mass is 257 g/mol. The van der Waals surface area contributed by atoms with Crippen molar-refractivity contribution >= 4 is 11.1 Å². The van der Waals surface area contributed by atoms with Crippen molar-refractivity contribution in [2.75, 3.05) is 0 Å². The van der Waals surface area contributed by atoms with Crippen LogP contribution in [0.3, 0.4) is 0 Å². The maximum atomic E-state index is 5.25. The predicted octanol–water partition coefficient (Wildman–Crippen LogP) is 5.29. The molecule has 0 unspecified atom stereocenters. The molecular weight excluding hydrogens is 234 g/mol. The molecule has 0 radical (unpaired) electrons. The van der Waals surface area contributed by atoms with E-state index in [-0.39, 0.29) is 0 Å². The van der Waals surface area contributed by atoms with Crippen LogP contribution in [0.2, 0.25) is 0 Å². The maximum Gasteiger partial charge on any atom is 0.225 e. The molecule has 2 heteroatoms. The molecule has 0 bridgehead atoms. The number of nitrogens with zero attached hydrogens (tertiary/aromatic N) is 1. The van der Waals surface area contributed by atoms with Crippen LogP contribution in [-0.2, 0) is 6.42 Å². The second-order valence-electron chi connectivity index (χ2n) is 5.22. The average molecular weight is 257 g/mol. The number of unbranched alkanes of at least 4 members (excludes halogenated alkanes) is 3. The van der Waals surface area contributed by atoms with Crippen molar-refractivity contribution in [3.8, 4) is 0 Å². The van der Waals surface area contributed by atoms with Crippen molar-refractivity contribution < 1.29 is 4.42 Å². The molecule has 0 aliphatic carbocycles. The number of hydrogen-bond acceptors (Lipinski definition) is 2. The Kier molecular flexibility index (Phi) is 5.20. The van der Waals surface area contributed by atoms with Crippen molar-refractivity contribution in [1.82, 2.24) is 4.98 Å². The number of aromatic nitrogens is 1. The van der Waals surface area contributed by atoms with E-state index in [1.807, 2.05) is 12.3 Å². The van der Waals surface area contributed by atoms with Crippen LogP contribution >= 0.6 is 0 Å². The van der Waals surface area contributed by atoms with E-state index in [1.54, 1.807) is 6.26 Å². The van der Waals surface area contributed by atoms with Gasteiger partial charge in [-0.3, -0.25) is 0 Å². The van der Waals surface area contributed by atoms with Crippen LogP contribution in [0.25, 0.3) is 11.1 Å². The summed E-state index contributed by atoms with van der Waals surface area (Å²) < 4.78 is 5.25. The highest BCUT2D eigenvalue weighted by molar-refractivity contribution is 5.73. The number of allylic oxidation sites excluding steroid dienone is 2. The van der Waals surface area contributed by atoms with Gasteiger partial charge in [-0.15, -0.1) is 0 Å². The first-order valence-corrected chi connectivity index (χ1v) is 7.27. The van der Waals surface area contributed by atoms with Gasteiger partial charge in [0.2, 0.25) is 5.71 Å². The van der Waals surface area contributed by atoms with Crippen molar-refractivity contribution in [3.63, 3.8) is 0 Å². The van der Waals surface area contributed by atoms with Gasteiger partial charge < -0.3 is 4.42 Å². The Balaban J connectivity index is 1.86. The molecule has 2 nitrogen and oxygen atoms in total. The van der Waals surface area contributed by atoms with Crippen molar-refractivity contribution in [1.29, 1.82) is 0 Å². The highest BCUT2D eigenvalue weighted by Crippen LogP contribution is 2.16. The Morgan fingerprint density at radius 3 is 3.05 bits per heavy atom. The topological polar surface area (TPSA) is 26.0 Å². The standard InChI is InChI=1S/C17H23NO/c1-3-4-5-6-7-14(2)8-9-15-12-16-10-11-19-17(16)18-13-15/h8,10-13H,3-7,9H2,1-2H3/b14-8+. The fraction of sp³-hybridized carbons (Fsp3) is 0.471. The molecule has 0 atom stereocenters. The summed E-state index contributed by atoms with van der Waals surface area (Å²) in [5.74, 6) is 0. The molecule has 2 aromatic rings. The molecule has 0 spiro atoms. The highest BCUT2D eigenvalue weighted by Gasteiger charge is 1.99. The minimum atomic E-state index is 0.726. The Morgan fingerprint density at radius 1 is 1.32 bits per heavy atom. The zero-order chi connectivity index (χ0) is 13.5. The minimum absolute atomic E-state index is 0.726. The Bertz CT molecular complexity index is 539. The second-order valence-corrected chi connectivity index (χ2v) is 5.22. The van der Waals surface area contributed by atoms with Gasteiger partial charge in [0.25, 0.3) is 0 Å². The zero-order valence-corrected chi connectivity index (χ0v) is 12.0. The SMILES string of the molecule is CCCCCC/C(C)=C/Cc1cnc2occc2c1. The third kappa shape index (κ3) is 4.23. The van der Waals surface area contributed by atoms with E-state index < -0.39 is 0 Å². The molecule has 2 rings (SSSR count). The number of pyridine rings is 1. The fourth-order valence-electron chi connectivity index (χ4n) is 2.24. The molecule has 0 aliphatic heterocycles. The summed E-state index contributed by atoms with van der Waals surface area (Å²) in [5, 5.41) is 1.09. The smallest absolute Gasteiger partial charge is 0.225 e. The first-order valence-electron chi connectivity index (χ1n) is 7.27. The molecule has 0 aromatic carbocycles. The third-order valence-corrected chi connectivity index (χ3v) is 3.47. The molecule has 2 aromatic heterocycles. The van der Waals surface area contributed by atoms with Crippen LogP contribution in [0.15, 0.2) is 40.7 Å². The van der Waals surface area contributed by atoms with Crippen LogP contribution in [0.1, 0.15) is 51.5 Å². The van der Waals surface area contributed by atoms with Crippen molar-refractivity contribution in [2.45, 2.75) is 52.4 Å². The summed E-state index contributed by atoms with van der Waals surface area (Å²) >= 11 is 0. The van der Waals surface area contributed by atoms with Gasteiger partial charge in [0.05, 0.1) is 6.26 Å². The van der Waals surface area contributed by atoms with Crippen LogP contribution in [0.4, 0.5) is 0 Å². The lowest BCUT2D eigenvalue weighted by molar-refractivity contribution is 0.603. The summed E-state index contributed by atoms with van der Waals surface area (Å²) in [6, 6.07) is 4.12. The lowest BCUT2D eigenvalue weighted by Gasteiger charge is -2.02. The predicted molar refractivity (Wildman–Crippen MR) is 80.2 cm³/mol. The second kappa shape index (κ2) is 7.13. The van der Waals surface area contributed by atoms with E-state index in [2.05, 4.69) is 31.0 Å². The number of rotatable bonds is 7. The van der Waals surface area contributed by atoms with Crippen LogP contribution in [0, 0.1) is 0 Å². The molecule has 0 saturated heterocycles. The molecule has 0 saturated carbocycles. The average Bonchev–Trinajstić information content (AvgIpc) is 2.89. The Morgan fingerprint density at radius 2 is 2.21 bits per heavy atom. The van der Waals surface area contributed by atoms with E-state index in [9.17, 15) is 0 Å². The number of furan rings is 1. The highest BCUT2D eigenvalue weighted by atomic mass is 16.3. The Labute approximate surface area is 115 Å². The molecular formula is C17H23NO. The third-order valence-electron chi connectivity index (χ3n) is 3.47. The van der Waals surface area contributed by atoms with Gasteiger partial charge in [-0.1, -0.05) is 37.8 Å². The summed E-state index contributed by atoms with van der Waals surface area (Å²) in [4.78, 5) is 4.31. The first kappa shape index (κ1) is 13.9. The van der Waals surface area contributed by atoms with Gasteiger partial charge >= 0.3 is 0 Å². The van der Waals surface area contributed by atoms with Gasteiger partial charge in [0.1, 0.15) is 0 Å². The van der Waals surface area contributed by atoms with E-state index in [0.29, 0.717) is 0 Å². The van der Waals surface area contributed by atoms with Gasteiger partial charge in [-0.2, -0.15) is 0 Å². The van der Waals surface area contributed by atoms with Crippen LogP contribution in [0.5, 0.6) is 0 Å². The molecule has 0 fully saturated rings. The number of hydrogen-bond donors (Lipinski definition) is 0. The van der Waals surface area contributed by atoms with Gasteiger partial charge in [0.15, 0.2) is 0 Å². The maximum absolute atomic E-state index is 5.25. The molecule has 0 aliphatic rings. The summed E-state index contributed by atoms with van der Waals surface area (Å²) in [5.41, 5.74) is 3.47. The lowest BCUT2D eigenvalue weighted by atomic mass is 10.1. The first-order chi connectivity index (χ1) is 9.29. The van der Waals surface area contributed by atoms with Gasteiger partial charge in [0, 0.05) is 11.6 Å². The van der Waals surface area contributed by atoms with E-state index in [1.165, 1.54) is 43.2 Å². The summed E-state index contributed by atoms with van der Waals surface area (Å²) in [6.45, 7) is 4.48. The minimum Gasteiger partial charge on any atom is -0.446 e. The molecule has 0 N–H and O–H groups in total. The van der Waals surface area contributed by atoms with E-state index in [4.69, 9.17) is 4.42 Å². The Hall–Kier alpha value is -1.57. The molecule has 2 heterocycles. The largest absolute Gasteiger partial charge is 0.446 e. The zero-order valence-electron chi connectivity index (χ0n) is 12.0. The van der Waals surface area contributed by atoms with Gasteiger partial charge in [-0.25, -0.2) is 4.98 Å². The summed E-state index contributed by atoms with van der Waals surface area (Å²) in [6.07, 6.45) is 13.4. The lowest BCUT2D eigenvalue weighted by Crippen LogP contribution is -1.86. The molecule has 19 heavy (non-hydrogen) atoms. The van der Waals surface area contributed by atoms with Crippen LogP contribution in [-0.4, -0.2) is 4.98 Å². The molecule has 0 amide bonds. The fourth-order valence-corrected chi connectivity index (χ4v) is 2.24. The van der Waals surface area contributed by atoms with E-state index in [0.717, 1.165) is 17.5 Å². The number of fused-ring (bicyclic) bond motifs is 1.